The molecule has 0 bridgehead atoms. The van der Waals surface area contributed by atoms with E-state index in [4.69, 9.17) is 18.9 Å². The van der Waals surface area contributed by atoms with Crippen molar-refractivity contribution < 1.29 is 28.5 Å². The van der Waals surface area contributed by atoms with E-state index >= 15 is 0 Å². The van der Waals surface area contributed by atoms with Crippen molar-refractivity contribution in [3.63, 3.8) is 0 Å². The summed E-state index contributed by atoms with van der Waals surface area (Å²) < 4.78 is 21.6. The molecular formula is C18H25NO6. The molecule has 1 aromatic carbocycles. The largest absolute Gasteiger partial charge is 0.490 e. The number of esters is 1. The van der Waals surface area contributed by atoms with Gasteiger partial charge in [0.05, 0.1) is 26.9 Å². The Balaban J connectivity index is 2.36. The van der Waals surface area contributed by atoms with Gasteiger partial charge in [0.15, 0.2) is 11.5 Å². The number of hydrogen-bond donors (Lipinski definition) is 0. The van der Waals surface area contributed by atoms with Gasteiger partial charge >= 0.3 is 5.97 Å². The molecule has 0 saturated carbocycles. The lowest BCUT2D eigenvalue weighted by molar-refractivity contribution is -0.149. The summed E-state index contributed by atoms with van der Waals surface area (Å²) >= 11 is 0. The van der Waals surface area contributed by atoms with Crippen molar-refractivity contribution >= 4 is 11.9 Å². The van der Waals surface area contributed by atoms with Gasteiger partial charge in [0.1, 0.15) is 6.04 Å². The second-order valence-corrected chi connectivity index (χ2v) is 5.43. The fraction of sp³-hybridized carbons (Fsp3) is 0.556. The molecule has 7 nitrogen and oxygen atoms in total. The molecule has 0 radical (unpaired) electrons. The van der Waals surface area contributed by atoms with Crippen LogP contribution >= 0.6 is 0 Å². The molecule has 138 valence electrons. The average molecular weight is 351 g/mol. The van der Waals surface area contributed by atoms with Crippen LogP contribution in [0.4, 0.5) is 0 Å². The van der Waals surface area contributed by atoms with E-state index in [1.165, 1.54) is 12.0 Å². The summed E-state index contributed by atoms with van der Waals surface area (Å²) in [6.45, 7) is 7.39. The smallest absolute Gasteiger partial charge is 0.328 e. The summed E-state index contributed by atoms with van der Waals surface area (Å²) in [5, 5.41) is 0. The summed E-state index contributed by atoms with van der Waals surface area (Å²) in [6, 6.07) is 2.73. The van der Waals surface area contributed by atoms with Gasteiger partial charge in [0.25, 0.3) is 5.91 Å². The van der Waals surface area contributed by atoms with E-state index in [2.05, 4.69) is 0 Å². The highest BCUT2D eigenvalue weighted by Gasteiger charge is 2.39. The van der Waals surface area contributed by atoms with Crippen molar-refractivity contribution in [3.05, 3.63) is 17.7 Å². The lowest BCUT2D eigenvalue weighted by Crippen LogP contribution is -2.55. The predicted molar refractivity (Wildman–Crippen MR) is 91.4 cm³/mol. The van der Waals surface area contributed by atoms with Crippen LogP contribution in [0, 0.1) is 0 Å². The van der Waals surface area contributed by atoms with Crippen LogP contribution in [-0.4, -0.2) is 56.3 Å². The molecule has 1 saturated heterocycles. The van der Waals surface area contributed by atoms with Gasteiger partial charge in [-0.2, -0.15) is 0 Å². The van der Waals surface area contributed by atoms with E-state index in [-0.39, 0.29) is 5.91 Å². The summed E-state index contributed by atoms with van der Waals surface area (Å²) in [5.74, 6) is 0.727. The highest BCUT2D eigenvalue weighted by molar-refractivity contribution is 5.99. The van der Waals surface area contributed by atoms with Crippen LogP contribution in [0.15, 0.2) is 12.1 Å². The molecule has 1 aliphatic heterocycles. The van der Waals surface area contributed by atoms with Gasteiger partial charge in [0, 0.05) is 12.1 Å². The zero-order valence-electron chi connectivity index (χ0n) is 15.2. The number of amides is 1. The lowest BCUT2D eigenvalue weighted by atomic mass is 10.0. The maximum atomic E-state index is 12.8. The molecule has 0 aliphatic carbocycles. The Kier molecular flexibility index (Phi) is 6.50. The minimum atomic E-state index is -0.532. The minimum Gasteiger partial charge on any atom is -0.490 e. The van der Waals surface area contributed by atoms with Crippen LogP contribution in [0.3, 0.4) is 0 Å². The van der Waals surface area contributed by atoms with Gasteiger partial charge in [0.2, 0.25) is 5.75 Å². The second-order valence-electron chi connectivity index (χ2n) is 5.43. The SMILES string of the molecule is CCOc1cc(C(=O)N2CC[C@@H]2C(=O)OC)cc(OCC)c1OCC. The number of carbonyl (C=O) groups is 2. The van der Waals surface area contributed by atoms with Gasteiger partial charge in [-0.05, 0) is 39.3 Å². The average Bonchev–Trinajstić information content (AvgIpc) is 2.56. The molecular weight excluding hydrogens is 326 g/mol. The normalized spacial score (nSPS) is 16.0. The van der Waals surface area contributed by atoms with Gasteiger partial charge in [-0.3, -0.25) is 4.79 Å². The number of rotatable bonds is 8. The van der Waals surface area contributed by atoms with Gasteiger partial charge in [-0.15, -0.1) is 0 Å². The van der Waals surface area contributed by atoms with Gasteiger partial charge in [-0.1, -0.05) is 0 Å². The van der Waals surface area contributed by atoms with Crippen molar-refractivity contribution in [1.29, 1.82) is 0 Å². The highest BCUT2D eigenvalue weighted by atomic mass is 16.5. The Bertz CT molecular complexity index is 603. The summed E-state index contributed by atoms with van der Waals surface area (Å²) in [7, 11) is 1.32. The molecule has 1 fully saturated rings. The third-order valence-electron chi connectivity index (χ3n) is 3.91. The standard InChI is InChI=1S/C18H25NO6/c1-5-23-14-10-12(11-15(24-6-2)16(14)25-7-3)17(20)19-9-8-13(19)18(21)22-4/h10-11,13H,5-9H2,1-4H3/t13-/m1/s1. The highest BCUT2D eigenvalue weighted by Crippen LogP contribution is 2.40. The first-order chi connectivity index (χ1) is 12.1. The molecule has 1 aliphatic rings. The Hall–Kier alpha value is -2.44. The van der Waals surface area contributed by atoms with E-state index in [0.29, 0.717) is 55.6 Å². The predicted octanol–water partition coefficient (Wildman–Crippen LogP) is 2.27. The molecule has 1 atom stereocenters. The van der Waals surface area contributed by atoms with E-state index < -0.39 is 12.0 Å². The molecule has 0 aromatic heterocycles. The van der Waals surface area contributed by atoms with Crippen LogP contribution in [0.1, 0.15) is 37.6 Å². The van der Waals surface area contributed by atoms with Gasteiger partial charge < -0.3 is 23.8 Å². The number of likely N-dealkylation sites (tertiary alicyclic amines) is 1. The van der Waals surface area contributed by atoms with Crippen LogP contribution in [0.2, 0.25) is 0 Å². The molecule has 7 heteroatoms. The second kappa shape index (κ2) is 8.60. The van der Waals surface area contributed by atoms with E-state index in [1.807, 2.05) is 20.8 Å². The van der Waals surface area contributed by atoms with Crippen molar-refractivity contribution in [2.45, 2.75) is 33.2 Å². The van der Waals surface area contributed by atoms with Crippen LogP contribution < -0.4 is 14.2 Å². The number of ether oxygens (including phenoxy) is 4. The summed E-state index contributed by atoms with van der Waals surface area (Å²) in [6.07, 6.45) is 0.603. The Labute approximate surface area is 147 Å². The first-order valence-corrected chi connectivity index (χ1v) is 8.52. The third kappa shape index (κ3) is 3.97. The zero-order valence-corrected chi connectivity index (χ0v) is 15.2. The molecule has 1 aromatic rings. The van der Waals surface area contributed by atoms with E-state index in [1.54, 1.807) is 12.1 Å². The maximum Gasteiger partial charge on any atom is 0.328 e. The van der Waals surface area contributed by atoms with Crippen LogP contribution in [-0.2, 0) is 9.53 Å². The minimum absolute atomic E-state index is 0.258. The summed E-state index contributed by atoms with van der Waals surface area (Å²) in [5.41, 5.74) is 0.393. The number of nitrogens with zero attached hydrogens (tertiary/aromatic N) is 1. The monoisotopic (exact) mass is 351 g/mol. The number of hydrogen-bond acceptors (Lipinski definition) is 6. The number of benzene rings is 1. The van der Waals surface area contributed by atoms with Crippen molar-refractivity contribution in [1.82, 2.24) is 4.90 Å². The molecule has 0 spiro atoms. The fourth-order valence-corrected chi connectivity index (χ4v) is 2.69. The molecule has 0 N–H and O–H groups in total. The Morgan fingerprint density at radius 1 is 1.04 bits per heavy atom. The Morgan fingerprint density at radius 2 is 1.60 bits per heavy atom. The zero-order chi connectivity index (χ0) is 18.4. The molecule has 1 heterocycles. The molecule has 1 amide bonds. The number of carbonyl (C=O) groups excluding carboxylic acids is 2. The van der Waals surface area contributed by atoms with Gasteiger partial charge in [-0.25, -0.2) is 4.79 Å². The molecule has 25 heavy (non-hydrogen) atoms. The van der Waals surface area contributed by atoms with Crippen molar-refractivity contribution in [2.24, 2.45) is 0 Å². The van der Waals surface area contributed by atoms with Crippen molar-refractivity contribution in [3.8, 4) is 17.2 Å². The first-order valence-electron chi connectivity index (χ1n) is 8.52. The van der Waals surface area contributed by atoms with Crippen molar-refractivity contribution in [2.75, 3.05) is 33.5 Å². The topological polar surface area (TPSA) is 74.3 Å². The third-order valence-corrected chi connectivity index (χ3v) is 3.91. The van der Waals surface area contributed by atoms with E-state index in [9.17, 15) is 9.59 Å². The Morgan fingerprint density at radius 3 is 2.00 bits per heavy atom. The molecule has 0 unspecified atom stereocenters. The van der Waals surface area contributed by atoms with Crippen LogP contribution in [0.25, 0.3) is 0 Å². The van der Waals surface area contributed by atoms with Crippen LogP contribution in [0.5, 0.6) is 17.2 Å². The molecule has 2 rings (SSSR count). The van der Waals surface area contributed by atoms with E-state index in [0.717, 1.165) is 0 Å². The first kappa shape index (κ1) is 18.9. The quantitative estimate of drug-likeness (QED) is 0.669. The lowest BCUT2D eigenvalue weighted by Gasteiger charge is -2.38. The summed E-state index contributed by atoms with van der Waals surface area (Å²) in [4.78, 5) is 26.0. The maximum absolute atomic E-state index is 12.8. The fourth-order valence-electron chi connectivity index (χ4n) is 2.69. The number of methoxy groups -OCH3 is 1.